The molecule has 0 aromatic rings. The van der Waals surface area contributed by atoms with Gasteiger partial charge in [-0.05, 0) is 44.6 Å². The van der Waals surface area contributed by atoms with Crippen molar-refractivity contribution in [3.05, 3.63) is 0 Å². The van der Waals surface area contributed by atoms with Crippen LogP contribution < -0.4 is 16.8 Å². The first-order valence-electron chi connectivity index (χ1n) is 9.45. The molecule has 1 saturated heterocycles. The summed E-state index contributed by atoms with van der Waals surface area (Å²) >= 11 is 0. The maximum Gasteiger partial charge on any atom is 0.240 e. The fraction of sp³-hybridized carbons (Fsp3) is 0.824. The summed E-state index contributed by atoms with van der Waals surface area (Å²) in [6.07, 6.45) is 3.93. The number of nitrogens with one attached hydrogen (secondary N) is 1. The summed E-state index contributed by atoms with van der Waals surface area (Å²) < 4.78 is 5.67. The molecule has 0 bridgehead atoms. The molecule has 3 amide bonds. The van der Waals surface area contributed by atoms with Crippen molar-refractivity contribution >= 4 is 41.1 Å². The van der Waals surface area contributed by atoms with E-state index in [1.54, 1.807) is 9.84 Å². The molecule has 2 atom stereocenters. The van der Waals surface area contributed by atoms with Crippen molar-refractivity contribution in [2.45, 2.75) is 64.5 Å². The molecule has 0 radical (unpaired) electrons. The predicted molar refractivity (Wildman–Crippen MR) is 112 cm³/mol. The van der Waals surface area contributed by atoms with E-state index in [2.05, 4.69) is 19.2 Å². The van der Waals surface area contributed by atoms with Crippen molar-refractivity contribution in [2.75, 3.05) is 13.1 Å². The average molecular weight is 408 g/mol. The second-order valence-corrected chi connectivity index (χ2v) is 7.71. The Balaban J connectivity index is 0.00000218. The number of nitrogens with two attached hydrogens (primary N) is 2. The van der Waals surface area contributed by atoms with Gasteiger partial charge in [0, 0.05) is 19.0 Å². The van der Waals surface area contributed by atoms with Gasteiger partial charge in [0.15, 0.2) is 0 Å². The first kappa shape index (κ1) is 23.2. The molecule has 1 spiro atoms. The van der Waals surface area contributed by atoms with Crippen LogP contribution in [0, 0.1) is 11.3 Å². The fourth-order valence-electron chi connectivity index (χ4n) is 3.81. The van der Waals surface area contributed by atoms with Crippen molar-refractivity contribution in [1.29, 1.82) is 1.28 Å². The molecular formula is C17H35N4O3PS. The van der Waals surface area contributed by atoms with Gasteiger partial charge in [-0.25, -0.2) is 0 Å². The van der Waals surface area contributed by atoms with Gasteiger partial charge >= 0.3 is 0 Å². The van der Waals surface area contributed by atoms with Crippen molar-refractivity contribution < 1.29 is 14.4 Å². The molecule has 1 aliphatic carbocycles. The Morgan fingerprint density at radius 3 is 2.35 bits per heavy atom. The minimum Gasteiger partial charge on any atom is -0.370 e. The minimum atomic E-state index is -0.715. The van der Waals surface area contributed by atoms with Crippen LogP contribution in [-0.2, 0) is 14.4 Å². The van der Waals surface area contributed by atoms with Gasteiger partial charge in [0.1, 0.15) is 6.04 Å². The number of carbonyl (C=O) groups excluding carboxylic acids is 3. The van der Waals surface area contributed by atoms with Gasteiger partial charge in [0.05, 0.1) is 6.69 Å². The molecule has 1 unspecified atom stereocenters. The van der Waals surface area contributed by atoms with Crippen LogP contribution in [0.4, 0.5) is 0 Å². The van der Waals surface area contributed by atoms with Crippen LogP contribution in [0.3, 0.4) is 0 Å². The number of hydrogen-bond donors (Lipinski definition) is 3. The Morgan fingerprint density at radius 2 is 1.92 bits per heavy atom. The molecule has 1 aliphatic heterocycles. The highest BCUT2D eigenvalue weighted by atomic mass is 32.1. The van der Waals surface area contributed by atoms with Crippen LogP contribution in [0.15, 0.2) is 0 Å². The zero-order valence-corrected chi connectivity index (χ0v) is 17.9. The summed E-state index contributed by atoms with van der Waals surface area (Å²) in [5.74, 6) is -0.422. The Hall–Kier alpha value is -0.850. The van der Waals surface area contributed by atoms with Crippen molar-refractivity contribution in [3.8, 4) is 0 Å². The lowest BCUT2D eigenvalue weighted by atomic mass is 9.66. The highest BCUT2D eigenvalue weighted by Gasteiger charge is 2.55. The van der Waals surface area contributed by atoms with Gasteiger partial charge in [-0.2, -0.15) is 23.3 Å². The van der Waals surface area contributed by atoms with E-state index in [1.807, 2.05) is 0 Å². The van der Waals surface area contributed by atoms with Gasteiger partial charge in [0.2, 0.25) is 17.7 Å². The third-order valence-electron chi connectivity index (χ3n) is 5.31. The summed E-state index contributed by atoms with van der Waals surface area (Å²) in [7, 11) is 1.67. The van der Waals surface area contributed by atoms with Gasteiger partial charge in [-0.15, -0.1) is 0 Å². The summed E-state index contributed by atoms with van der Waals surface area (Å²) in [4.78, 5) is 36.8. The largest absolute Gasteiger partial charge is 0.370 e. The fourth-order valence-corrected chi connectivity index (χ4v) is 3.81. The molecule has 1 heterocycles. The highest BCUT2D eigenvalue weighted by molar-refractivity contribution is 7.59. The smallest absolute Gasteiger partial charge is 0.240 e. The maximum absolute atomic E-state index is 12.7. The van der Waals surface area contributed by atoms with E-state index >= 15 is 0 Å². The van der Waals surface area contributed by atoms with Crippen LogP contribution in [0.1, 0.15) is 52.4 Å². The molecule has 152 valence electrons. The highest BCUT2D eigenvalue weighted by Crippen LogP contribution is 2.46. The van der Waals surface area contributed by atoms with E-state index in [4.69, 9.17) is 12.7 Å². The second kappa shape index (κ2) is 10.5. The van der Waals surface area contributed by atoms with E-state index in [-0.39, 0.29) is 37.7 Å². The molecule has 7 nitrogen and oxygen atoms in total. The van der Waals surface area contributed by atoms with Gasteiger partial charge in [-0.3, -0.25) is 14.4 Å². The number of likely N-dealkylation sites (tertiary alicyclic amines) is 1. The number of β-lactam (4-membered cyclic amide) rings is 1. The molecule has 9 heteroatoms. The van der Waals surface area contributed by atoms with Crippen molar-refractivity contribution in [2.24, 2.45) is 22.8 Å². The Labute approximate surface area is 167 Å². The summed E-state index contributed by atoms with van der Waals surface area (Å²) in [6, 6.07) is -0.242. The minimum absolute atomic E-state index is 0. The number of carbonyl (C=O) groups is 3. The number of rotatable bonds is 8. The molecular weight excluding hydrogens is 371 g/mol. The molecule has 2 rings (SSSR count). The number of primary amides is 2. The number of amides is 3. The molecule has 0 aromatic carbocycles. The monoisotopic (exact) mass is 407 g/mol. The Morgan fingerprint density at radius 1 is 1.35 bits per heavy atom. The van der Waals surface area contributed by atoms with Gasteiger partial charge in [0.25, 0.3) is 0 Å². The van der Waals surface area contributed by atoms with Crippen LogP contribution in [0.2, 0.25) is 0 Å². The summed E-state index contributed by atoms with van der Waals surface area (Å²) in [5.41, 5.74) is 10.2. The summed E-state index contributed by atoms with van der Waals surface area (Å²) in [6.45, 7) is 5.92. The zero-order valence-electron chi connectivity index (χ0n) is 16.8. The molecule has 0 aromatic heterocycles. The predicted octanol–water partition coefficient (Wildman–Crippen LogP) is 0.294. The zero-order chi connectivity index (χ0) is 19.9. The second-order valence-electron chi connectivity index (χ2n) is 7.71. The Bertz CT molecular complexity index is 516. The standard InChI is InChI=1S/C17H30N4O3.H3P.H2S/c1-11(2)9-20-12-5-7-17(8-6-12)10-21(16(17)24)13(15(19)23)3-4-14(18)22;;/h11-13,20H,3-10H2,1-2H3,(H2,18,22)(H2,19,23);1H3;1H2/t12?,13-,17?;;/m0../s1/i;1D;. The topological polar surface area (TPSA) is 119 Å². The SMILES string of the molecule is CC(C)CNC1CCC2(CC1)CN([C@@H](CCC(N)=O)C(N)=O)C2=O.S.[2H]P. The van der Waals surface area contributed by atoms with Crippen LogP contribution in [-0.4, -0.2) is 49.1 Å². The van der Waals surface area contributed by atoms with E-state index in [0.29, 0.717) is 18.5 Å². The van der Waals surface area contributed by atoms with E-state index in [0.717, 1.165) is 32.2 Å². The normalized spacial score (nSPS) is 26.2. The lowest BCUT2D eigenvalue weighted by Gasteiger charge is -2.54. The quantitative estimate of drug-likeness (QED) is 0.396. The first-order chi connectivity index (χ1) is 12.2. The number of nitrogens with zero attached hydrogens (tertiary/aromatic N) is 1. The van der Waals surface area contributed by atoms with E-state index < -0.39 is 17.9 Å². The van der Waals surface area contributed by atoms with Crippen LogP contribution in [0.25, 0.3) is 0 Å². The molecule has 2 aliphatic rings. The Kier molecular flexibility index (Phi) is 9.34. The van der Waals surface area contributed by atoms with Crippen LogP contribution in [0.5, 0.6) is 0 Å². The van der Waals surface area contributed by atoms with Crippen molar-refractivity contribution in [1.82, 2.24) is 10.2 Å². The van der Waals surface area contributed by atoms with Crippen molar-refractivity contribution in [3.63, 3.8) is 0 Å². The molecule has 26 heavy (non-hydrogen) atoms. The number of hydrogen-bond acceptors (Lipinski definition) is 4. The van der Waals surface area contributed by atoms with Gasteiger partial charge in [-0.1, -0.05) is 13.8 Å². The lowest BCUT2D eigenvalue weighted by molar-refractivity contribution is -0.171. The van der Waals surface area contributed by atoms with Gasteiger partial charge < -0.3 is 21.7 Å². The molecule has 5 N–H and O–H groups in total. The third kappa shape index (κ3) is 5.83. The maximum atomic E-state index is 12.7. The lowest BCUT2D eigenvalue weighted by Crippen LogP contribution is -2.68. The molecule has 1 saturated carbocycles. The third-order valence-corrected chi connectivity index (χ3v) is 5.31. The van der Waals surface area contributed by atoms with Crippen LogP contribution >= 0.6 is 23.3 Å². The van der Waals surface area contributed by atoms with E-state index in [9.17, 15) is 14.4 Å². The summed E-state index contributed by atoms with van der Waals surface area (Å²) in [5, 5.41) is 3.56. The van der Waals surface area contributed by atoms with E-state index in [1.165, 1.54) is 4.90 Å². The average Bonchev–Trinajstić information content (AvgIpc) is 2.61. The molecule has 2 fully saturated rings. The first-order valence-corrected chi connectivity index (χ1v) is 8.87.